The maximum absolute atomic E-state index is 13.6. The molecule has 2 aromatic rings. The molecule has 0 radical (unpaired) electrons. The van der Waals surface area contributed by atoms with Crippen LogP contribution in [-0.4, -0.2) is 30.5 Å². The zero-order valence-electron chi connectivity index (χ0n) is 11.8. The monoisotopic (exact) mass is 328 g/mol. The van der Waals surface area contributed by atoms with Crippen LogP contribution in [0.5, 0.6) is 5.75 Å². The van der Waals surface area contributed by atoms with Gasteiger partial charge in [-0.3, -0.25) is 0 Å². The summed E-state index contributed by atoms with van der Waals surface area (Å²) in [4.78, 5) is 0. The Morgan fingerprint density at radius 1 is 1.41 bits per heavy atom. The quantitative estimate of drug-likeness (QED) is 0.840. The molecular formula is C14H14ClFN2O4. The van der Waals surface area contributed by atoms with Crippen molar-refractivity contribution in [1.29, 1.82) is 0 Å². The first-order valence-electron chi connectivity index (χ1n) is 6.67. The van der Waals surface area contributed by atoms with Crippen molar-refractivity contribution in [3.8, 4) is 5.75 Å². The van der Waals surface area contributed by atoms with Gasteiger partial charge < -0.3 is 18.6 Å². The summed E-state index contributed by atoms with van der Waals surface area (Å²) in [6.07, 6.45) is 0.630. The predicted octanol–water partition coefficient (Wildman–Crippen LogP) is 2.70. The highest BCUT2D eigenvalue weighted by Gasteiger charge is 2.42. The van der Waals surface area contributed by atoms with Gasteiger partial charge >= 0.3 is 0 Å². The third-order valence-corrected chi connectivity index (χ3v) is 3.79. The van der Waals surface area contributed by atoms with Crippen molar-refractivity contribution in [2.45, 2.75) is 18.6 Å². The zero-order chi connectivity index (χ0) is 15.6. The third-order valence-electron chi connectivity index (χ3n) is 3.49. The molecule has 0 spiro atoms. The molecule has 1 atom stereocenters. The van der Waals surface area contributed by atoms with Gasteiger partial charge in [-0.05, 0) is 12.1 Å². The minimum Gasteiger partial charge on any atom is -0.479 e. The highest BCUT2D eigenvalue weighted by atomic mass is 35.5. The van der Waals surface area contributed by atoms with Crippen molar-refractivity contribution in [3.05, 3.63) is 40.8 Å². The van der Waals surface area contributed by atoms with E-state index >= 15 is 0 Å². The number of hydrogen-bond donors (Lipinski definition) is 0. The average molecular weight is 329 g/mol. The molecule has 1 aliphatic heterocycles. The van der Waals surface area contributed by atoms with Gasteiger partial charge in [0.1, 0.15) is 0 Å². The van der Waals surface area contributed by atoms with Crippen LogP contribution in [0, 0.1) is 5.82 Å². The van der Waals surface area contributed by atoms with E-state index in [2.05, 4.69) is 10.2 Å². The molecule has 3 rings (SSSR count). The molecule has 8 heteroatoms. The highest BCUT2D eigenvalue weighted by Crippen LogP contribution is 2.33. The second-order valence-electron chi connectivity index (χ2n) is 4.84. The summed E-state index contributed by atoms with van der Waals surface area (Å²) in [5, 5.41) is 8.03. The summed E-state index contributed by atoms with van der Waals surface area (Å²) in [7, 11) is 1.56. The summed E-state index contributed by atoms with van der Waals surface area (Å²) in [5.41, 5.74) is -0.721. The van der Waals surface area contributed by atoms with Gasteiger partial charge in [-0.2, -0.15) is 0 Å². The molecule has 2 heterocycles. The number of hydrogen-bond acceptors (Lipinski definition) is 6. The molecule has 0 N–H and O–H groups in total. The molecule has 6 nitrogen and oxygen atoms in total. The molecule has 1 aliphatic rings. The highest BCUT2D eigenvalue weighted by molar-refractivity contribution is 6.32. The van der Waals surface area contributed by atoms with Crippen LogP contribution in [0.3, 0.4) is 0 Å². The zero-order valence-corrected chi connectivity index (χ0v) is 12.6. The maximum Gasteiger partial charge on any atom is 0.254 e. The van der Waals surface area contributed by atoms with Crippen LogP contribution in [-0.2, 0) is 21.7 Å². The second-order valence-corrected chi connectivity index (χ2v) is 5.25. The maximum atomic E-state index is 13.6. The van der Waals surface area contributed by atoms with Gasteiger partial charge in [-0.25, -0.2) is 4.39 Å². The molecule has 1 aromatic heterocycles. The minimum absolute atomic E-state index is 0.0467. The molecular weight excluding hydrogens is 315 g/mol. The van der Waals surface area contributed by atoms with Gasteiger partial charge in [-0.1, -0.05) is 17.7 Å². The fraction of sp³-hybridized carbons (Fsp3) is 0.429. The van der Waals surface area contributed by atoms with Crippen molar-refractivity contribution >= 4 is 11.6 Å². The minimum atomic E-state index is -0.721. The number of ether oxygens (including phenoxy) is 3. The van der Waals surface area contributed by atoms with Crippen LogP contribution in [0.4, 0.5) is 4.39 Å². The Bertz CT molecular complexity index is 638. The number of methoxy groups -OCH3 is 1. The largest absolute Gasteiger partial charge is 0.479 e. The van der Waals surface area contributed by atoms with Gasteiger partial charge in [0.15, 0.2) is 23.8 Å². The third kappa shape index (κ3) is 2.79. The van der Waals surface area contributed by atoms with Gasteiger partial charge in [0.2, 0.25) is 0 Å². The summed E-state index contributed by atoms with van der Waals surface area (Å²) >= 11 is 5.88. The molecule has 1 aromatic carbocycles. The molecule has 22 heavy (non-hydrogen) atoms. The summed E-state index contributed by atoms with van der Waals surface area (Å²) < 4.78 is 35.3. The summed E-state index contributed by atoms with van der Waals surface area (Å²) in [6.45, 7) is 0.826. The standard InChI is InChI=1S/C14H14ClFN2O4/c1-19-14(5-6-20-8-14)13-18-17-11(22-13)7-21-12-9(15)3-2-4-10(12)16/h2-4H,5-8H2,1H3. The van der Waals surface area contributed by atoms with Crippen LogP contribution >= 0.6 is 11.6 Å². The van der Waals surface area contributed by atoms with Crippen molar-refractivity contribution < 1.29 is 23.0 Å². The second kappa shape index (κ2) is 6.20. The molecule has 0 bridgehead atoms. The SMILES string of the molecule is COC1(c2nnc(COc3c(F)cccc3Cl)o2)CCOC1. The number of rotatable bonds is 5. The molecule has 0 aliphatic carbocycles. The first-order valence-corrected chi connectivity index (χ1v) is 7.05. The van der Waals surface area contributed by atoms with E-state index in [1.54, 1.807) is 7.11 Å². The van der Waals surface area contributed by atoms with Crippen LogP contribution < -0.4 is 4.74 Å². The van der Waals surface area contributed by atoms with E-state index in [0.29, 0.717) is 25.5 Å². The number of nitrogens with zero attached hydrogens (tertiary/aromatic N) is 2. The van der Waals surface area contributed by atoms with E-state index in [4.69, 9.17) is 30.2 Å². The van der Waals surface area contributed by atoms with Crippen LogP contribution in [0.25, 0.3) is 0 Å². The average Bonchev–Trinajstić information content (AvgIpc) is 3.16. The van der Waals surface area contributed by atoms with Crippen molar-refractivity contribution in [3.63, 3.8) is 0 Å². The first-order chi connectivity index (χ1) is 10.6. The number of para-hydroxylation sites is 1. The van der Waals surface area contributed by atoms with Crippen molar-refractivity contribution in [2.24, 2.45) is 0 Å². The molecule has 0 amide bonds. The van der Waals surface area contributed by atoms with Gasteiger partial charge in [0.25, 0.3) is 11.8 Å². The van der Waals surface area contributed by atoms with E-state index in [1.165, 1.54) is 18.2 Å². The lowest BCUT2D eigenvalue weighted by Gasteiger charge is -2.20. The van der Waals surface area contributed by atoms with E-state index < -0.39 is 11.4 Å². The van der Waals surface area contributed by atoms with Crippen molar-refractivity contribution in [1.82, 2.24) is 10.2 Å². The summed E-state index contributed by atoms with van der Waals surface area (Å²) in [6, 6.07) is 4.29. The fourth-order valence-corrected chi connectivity index (χ4v) is 2.43. The van der Waals surface area contributed by atoms with Gasteiger partial charge in [-0.15, -0.1) is 10.2 Å². The normalized spacial score (nSPS) is 21.2. The fourth-order valence-electron chi connectivity index (χ4n) is 2.21. The lowest BCUT2D eigenvalue weighted by molar-refractivity contribution is -0.0421. The Morgan fingerprint density at radius 2 is 2.27 bits per heavy atom. The Balaban J connectivity index is 1.72. The molecule has 1 fully saturated rings. The topological polar surface area (TPSA) is 66.6 Å². The van der Waals surface area contributed by atoms with Crippen molar-refractivity contribution in [2.75, 3.05) is 20.3 Å². The van der Waals surface area contributed by atoms with E-state index in [-0.39, 0.29) is 23.3 Å². The summed E-state index contributed by atoms with van der Waals surface area (Å²) in [5.74, 6) is -0.0669. The molecule has 118 valence electrons. The van der Waals surface area contributed by atoms with Crippen LogP contribution in [0.15, 0.2) is 22.6 Å². The van der Waals surface area contributed by atoms with Crippen LogP contribution in [0.2, 0.25) is 5.02 Å². The Kier molecular flexibility index (Phi) is 4.28. The predicted molar refractivity (Wildman–Crippen MR) is 74.2 cm³/mol. The Morgan fingerprint density at radius 3 is 2.95 bits per heavy atom. The lowest BCUT2D eigenvalue weighted by Crippen LogP contribution is -2.29. The smallest absolute Gasteiger partial charge is 0.254 e. The Hall–Kier alpha value is -1.70. The lowest BCUT2D eigenvalue weighted by atomic mass is 10.0. The number of halogens is 2. The van der Waals surface area contributed by atoms with E-state index in [9.17, 15) is 4.39 Å². The number of aromatic nitrogens is 2. The Labute approximate surface area is 131 Å². The van der Waals surface area contributed by atoms with E-state index in [0.717, 1.165) is 0 Å². The molecule has 0 saturated carbocycles. The first kappa shape index (κ1) is 15.2. The molecule has 1 saturated heterocycles. The van der Waals surface area contributed by atoms with Gasteiger partial charge in [0, 0.05) is 13.5 Å². The molecule has 1 unspecified atom stereocenters. The van der Waals surface area contributed by atoms with Crippen LogP contribution in [0.1, 0.15) is 18.2 Å². The number of benzene rings is 1. The van der Waals surface area contributed by atoms with Gasteiger partial charge in [0.05, 0.1) is 18.2 Å². The van der Waals surface area contributed by atoms with E-state index in [1.807, 2.05) is 0 Å².